The van der Waals surface area contributed by atoms with Crippen molar-refractivity contribution < 1.29 is 17.9 Å². The molecule has 0 radical (unpaired) electrons. The van der Waals surface area contributed by atoms with Gasteiger partial charge in [0.15, 0.2) is 0 Å². The Hall–Kier alpha value is -1.27. The second-order valence-corrected chi connectivity index (χ2v) is 7.72. The number of benzene rings is 1. The van der Waals surface area contributed by atoms with Crippen molar-refractivity contribution in [3.63, 3.8) is 0 Å². The Labute approximate surface area is 124 Å². The average Bonchev–Trinajstić information content (AvgIpc) is 2.21. The predicted molar refractivity (Wildman–Crippen MR) is 78.1 cm³/mol. The van der Waals surface area contributed by atoms with Crippen molar-refractivity contribution in [1.29, 1.82) is 0 Å². The summed E-state index contributed by atoms with van der Waals surface area (Å²) in [5, 5.41) is 0.472. The molecule has 0 fully saturated rings. The lowest BCUT2D eigenvalue weighted by molar-refractivity contribution is 0.0382. The Morgan fingerprint density at radius 2 is 1.95 bits per heavy atom. The normalized spacial score (nSPS) is 12.1. The summed E-state index contributed by atoms with van der Waals surface area (Å²) >= 11 is 5.84. The van der Waals surface area contributed by atoms with Crippen LogP contribution in [0.4, 0.5) is 4.79 Å². The van der Waals surface area contributed by atoms with Gasteiger partial charge in [-0.1, -0.05) is 23.7 Å². The molecular weight excluding hydrogens is 302 g/mol. The number of halogens is 1. The topological polar surface area (TPSA) is 63.7 Å². The Morgan fingerprint density at radius 3 is 2.40 bits per heavy atom. The van der Waals surface area contributed by atoms with Crippen LogP contribution in [0.5, 0.6) is 0 Å². The van der Waals surface area contributed by atoms with Crippen LogP contribution in [-0.2, 0) is 21.3 Å². The first kappa shape index (κ1) is 16.8. The minimum absolute atomic E-state index is 0.117. The number of hydrogen-bond donors (Lipinski definition) is 0. The van der Waals surface area contributed by atoms with Gasteiger partial charge in [0, 0.05) is 5.02 Å². The third-order valence-electron chi connectivity index (χ3n) is 2.21. The van der Waals surface area contributed by atoms with Crippen molar-refractivity contribution in [2.75, 3.05) is 6.26 Å². The maximum absolute atomic E-state index is 12.0. The minimum atomic E-state index is -3.73. The molecule has 20 heavy (non-hydrogen) atoms. The van der Waals surface area contributed by atoms with E-state index in [1.165, 1.54) is 0 Å². The highest BCUT2D eigenvalue weighted by molar-refractivity contribution is 7.88. The molecule has 0 saturated carbocycles. The Kier molecular flexibility index (Phi) is 5.05. The van der Waals surface area contributed by atoms with E-state index in [1.54, 1.807) is 45.0 Å². The molecule has 5 nitrogen and oxygen atoms in total. The van der Waals surface area contributed by atoms with Crippen molar-refractivity contribution in [2.45, 2.75) is 32.9 Å². The van der Waals surface area contributed by atoms with Gasteiger partial charge in [-0.2, -0.15) is 0 Å². The summed E-state index contributed by atoms with van der Waals surface area (Å²) in [7, 11) is -3.73. The number of ether oxygens (including phenoxy) is 1. The van der Waals surface area contributed by atoms with E-state index in [4.69, 9.17) is 16.3 Å². The predicted octanol–water partition coefficient (Wildman–Crippen LogP) is 3.04. The van der Waals surface area contributed by atoms with Crippen LogP contribution >= 0.6 is 11.6 Å². The van der Waals surface area contributed by atoms with E-state index in [0.717, 1.165) is 6.26 Å². The third-order valence-corrected chi connectivity index (χ3v) is 3.53. The zero-order chi connectivity index (χ0) is 15.6. The van der Waals surface area contributed by atoms with Crippen molar-refractivity contribution >= 4 is 27.7 Å². The number of carbonyl (C=O) groups is 1. The highest BCUT2D eigenvalue weighted by Crippen LogP contribution is 2.17. The summed E-state index contributed by atoms with van der Waals surface area (Å²) in [6.07, 6.45) is 0.0570. The largest absolute Gasteiger partial charge is 0.443 e. The monoisotopic (exact) mass is 319 g/mol. The summed E-state index contributed by atoms with van der Waals surface area (Å²) in [6, 6.07) is 6.65. The smallest absolute Gasteiger partial charge is 0.424 e. The lowest BCUT2D eigenvalue weighted by Crippen LogP contribution is -2.39. The van der Waals surface area contributed by atoms with Crippen LogP contribution in [-0.4, -0.2) is 30.7 Å². The molecule has 0 aliphatic heterocycles. The minimum Gasteiger partial charge on any atom is -0.443 e. The molecule has 0 saturated heterocycles. The molecule has 1 rings (SSSR count). The third kappa shape index (κ3) is 5.38. The van der Waals surface area contributed by atoms with E-state index in [-0.39, 0.29) is 6.54 Å². The lowest BCUT2D eigenvalue weighted by atomic mass is 10.2. The fourth-order valence-electron chi connectivity index (χ4n) is 1.43. The molecule has 0 aromatic heterocycles. The summed E-state index contributed by atoms with van der Waals surface area (Å²) in [4.78, 5) is 12.0. The molecule has 0 aliphatic rings. The van der Waals surface area contributed by atoms with E-state index in [0.29, 0.717) is 14.9 Å². The molecule has 0 aliphatic carbocycles. The quantitative estimate of drug-likeness (QED) is 0.859. The molecule has 7 heteroatoms. The standard InChI is InChI=1S/C13H18ClNO4S/c1-13(2,3)19-12(16)15(20(4,17)18)9-10-6-5-7-11(14)8-10/h5-8H,9H2,1-4H3. The van der Waals surface area contributed by atoms with Crippen LogP contribution in [0.15, 0.2) is 24.3 Å². The van der Waals surface area contributed by atoms with Gasteiger partial charge in [0.1, 0.15) is 5.60 Å². The fourth-order valence-corrected chi connectivity index (χ4v) is 2.34. The van der Waals surface area contributed by atoms with Gasteiger partial charge < -0.3 is 4.74 Å². The van der Waals surface area contributed by atoms with Crippen LogP contribution in [0.1, 0.15) is 26.3 Å². The van der Waals surface area contributed by atoms with Gasteiger partial charge >= 0.3 is 6.09 Å². The fraction of sp³-hybridized carbons (Fsp3) is 0.462. The molecular formula is C13H18ClNO4S. The lowest BCUT2D eigenvalue weighted by Gasteiger charge is -2.26. The van der Waals surface area contributed by atoms with Crippen molar-refractivity contribution in [1.82, 2.24) is 4.31 Å². The van der Waals surface area contributed by atoms with Crippen LogP contribution in [0, 0.1) is 0 Å². The van der Waals surface area contributed by atoms with E-state index in [9.17, 15) is 13.2 Å². The molecule has 1 aromatic carbocycles. The van der Waals surface area contributed by atoms with Gasteiger partial charge in [-0.15, -0.1) is 0 Å². The van der Waals surface area contributed by atoms with Gasteiger partial charge in [-0.3, -0.25) is 0 Å². The Bertz CT molecular complexity index is 593. The molecule has 112 valence electrons. The van der Waals surface area contributed by atoms with Crippen molar-refractivity contribution in [3.05, 3.63) is 34.9 Å². The Balaban J connectivity index is 3.00. The maximum Gasteiger partial charge on any atom is 0.424 e. The number of sulfonamides is 1. The summed E-state index contributed by atoms with van der Waals surface area (Å²) in [5.74, 6) is 0. The van der Waals surface area contributed by atoms with Crippen LogP contribution in [0.2, 0.25) is 5.02 Å². The molecule has 0 unspecified atom stereocenters. The number of rotatable bonds is 3. The van der Waals surface area contributed by atoms with Crippen LogP contribution in [0.25, 0.3) is 0 Å². The van der Waals surface area contributed by atoms with Gasteiger partial charge in [-0.25, -0.2) is 17.5 Å². The highest BCUT2D eigenvalue weighted by atomic mass is 35.5. The number of hydrogen-bond acceptors (Lipinski definition) is 4. The van der Waals surface area contributed by atoms with Gasteiger partial charge in [0.2, 0.25) is 10.0 Å². The summed E-state index contributed by atoms with van der Waals surface area (Å²) in [6.45, 7) is 4.90. The zero-order valence-corrected chi connectivity index (χ0v) is 13.5. The molecule has 1 amide bonds. The second-order valence-electron chi connectivity index (χ2n) is 5.38. The molecule has 0 heterocycles. The number of amides is 1. The van der Waals surface area contributed by atoms with Gasteiger partial charge in [0.25, 0.3) is 0 Å². The first-order valence-electron chi connectivity index (χ1n) is 5.94. The van der Waals surface area contributed by atoms with Crippen LogP contribution in [0.3, 0.4) is 0 Å². The zero-order valence-electron chi connectivity index (χ0n) is 11.9. The van der Waals surface area contributed by atoms with Gasteiger partial charge in [-0.05, 0) is 38.5 Å². The maximum atomic E-state index is 12.0. The second kappa shape index (κ2) is 6.01. The first-order chi connectivity index (χ1) is 8.99. The van der Waals surface area contributed by atoms with Crippen LogP contribution < -0.4 is 0 Å². The number of carbonyl (C=O) groups excluding carboxylic acids is 1. The average molecular weight is 320 g/mol. The first-order valence-corrected chi connectivity index (χ1v) is 8.17. The van der Waals surface area contributed by atoms with Gasteiger partial charge in [0.05, 0.1) is 12.8 Å². The SMILES string of the molecule is CC(C)(C)OC(=O)N(Cc1cccc(Cl)c1)S(C)(=O)=O. The van der Waals surface area contributed by atoms with Crippen molar-refractivity contribution in [3.8, 4) is 0 Å². The van der Waals surface area contributed by atoms with E-state index in [1.807, 2.05) is 0 Å². The van der Waals surface area contributed by atoms with E-state index >= 15 is 0 Å². The van der Waals surface area contributed by atoms with E-state index in [2.05, 4.69) is 0 Å². The molecule has 0 spiro atoms. The van der Waals surface area contributed by atoms with Crippen molar-refractivity contribution in [2.24, 2.45) is 0 Å². The molecule has 0 N–H and O–H groups in total. The summed E-state index contributed by atoms with van der Waals surface area (Å²) < 4.78 is 29.3. The number of nitrogens with zero attached hydrogens (tertiary/aromatic N) is 1. The van der Waals surface area contributed by atoms with E-state index < -0.39 is 21.7 Å². The summed E-state index contributed by atoms with van der Waals surface area (Å²) in [5.41, 5.74) is -0.164. The highest BCUT2D eigenvalue weighted by Gasteiger charge is 2.28. The molecule has 0 atom stereocenters. The Morgan fingerprint density at radius 1 is 1.35 bits per heavy atom. The molecule has 0 bridgehead atoms. The molecule has 1 aromatic rings.